The molecule has 7 heteroatoms. The van der Waals surface area contributed by atoms with E-state index in [0.29, 0.717) is 0 Å². The third-order valence-electron chi connectivity index (χ3n) is 0.562. The Labute approximate surface area is 90.3 Å². The first-order valence-electron chi connectivity index (χ1n) is 2.43. The van der Waals surface area contributed by atoms with Crippen LogP contribution in [-0.4, -0.2) is 10.6 Å². The summed E-state index contributed by atoms with van der Waals surface area (Å²) in [7, 11) is 0. The molecule has 0 rings (SSSR count). The zero-order valence-electron chi connectivity index (χ0n) is 5.39. The van der Waals surface area contributed by atoms with Gasteiger partial charge in [-0.2, -0.15) is 0 Å². The Hall–Kier alpha value is 1.96. The van der Waals surface area contributed by atoms with Crippen molar-refractivity contribution < 1.29 is 29.9 Å². The third kappa shape index (κ3) is 8.06. The van der Waals surface area contributed by atoms with E-state index in [4.69, 9.17) is 4.89 Å². The maximum Gasteiger partial charge on any atom is 0.255 e. The average Bonchev–Trinajstić information content (AvgIpc) is 1.84. The van der Waals surface area contributed by atoms with Crippen LogP contribution in [0.25, 0.3) is 0 Å². The molecule has 0 aromatic heterocycles. The summed E-state index contributed by atoms with van der Waals surface area (Å²) in [4.78, 5) is 9.04. The molecular formula is C3H9MoO2PS3. The van der Waals surface area contributed by atoms with Crippen LogP contribution >= 0.6 is 30.0 Å². The van der Waals surface area contributed by atoms with Crippen LogP contribution in [-0.2, 0) is 36.8 Å². The van der Waals surface area contributed by atoms with Crippen molar-refractivity contribution in [2.45, 2.75) is 13.3 Å². The molecule has 0 radical (unpaired) electrons. The van der Waals surface area contributed by atoms with Crippen molar-refractivity contribution >= 4 is 41.8 Å². The predicted octanol–water partition coefficient (Wildman–Crippen LogP) is 2.21. The average molecular weight is 300 g/mol. The van der Waals surface area contributed by atoms with Gasteiger partial charge in [-0.25, -0.2) is 0 Å². The van der Waals surface area contributed by atoms with E-state index in [2.05, 4.69) is 28.7 Å². The number of hydrogen-bond acceptors (Lipinski definition) is 4. The van der Waals surface area contributed by atoms with Gasteiger partial charge in [-0.1, -0.05) is 18.3 Å². The molecule has 0 saturated heterocycles. The second-order valence-electron chi connectivity index (χ2n) is 1.38. The molecule has 0 saturated carbocycles. The van der Waals surface area contributed by atoms with Crippen molar-refractivity contribution in [2.75, 3.05) is 5.75 Å². The quantitative estimate of drug-likeness (QED) is 0.360. The first-order valence-corrected chi connectivity index (χ1v) is 7.05. The van der Waals surface area contributed by atoms with Gasteiger partial charge in [-0.05, 0) is 31.1 Å². The molecule has 1 unspecified atom stereocenters. The third-order valence-corrected chi connectivity index (χ3v) is 5.98. The van der Waals surface area contributed by atoms with Gasteiger partial charge in [0, 0.05) is 26.8 Å². The number of thiol groups is 1. The minimum Gasteiger partial charge on any atom is -0.337 e. The van der Waals surface area contributed by atoms with E-state index in [0.717, 1.165) is 12.2 Å². The molecule has 2 nitrogen and oxygen atoms in total. The standard InChI is InChI=1S/C3H9O2PS3.Mo/c1-2-3-9-6(4,8)5-7;/h7H,2-3H2,1H3,(H,4,8);. The summed E-state index contributed by atoms with van der Waals surface area (Å²) in [5.74, 6) is 0.828. The van der Waals surface area contributed by atoms with E-state index < -0.39 is 5.69 Å². The Morgan fingerprint density at radius 1 is 1.80 bits per heavy atom. The summed E-state index contributed by atoms with van der Waals surface area (Å²) < 4.78 is 4.38. The Morgan fingerprint density at radius 3 is 2.60 bits per heavy atom. The molecule has 1 N–H and O–H groups in total. The van der Waals surface area contributed by atoms with Gasteiger partial charge in [0.2, 0.25) is 0 Å². The van der Waals surface area contributed by atoms with Crippen LogP contribution in [0, 0.1) is 0 Å². The Morgan fingerprint density at radius 2 is 2.30 bits per heavy atom. The van der Waals surface area contributed by atoms with Gasteiger partial charge in [0.25, 0.3) is 5.69 Å². The number of rotatable bonds is 4. The molecule has 0 fully saturated rings. The largest absolute Gasteiger partial charge is 0.337 e. The monoisotopic (exact) mass is 302 g/mol. The summed E-state index contributed by atoms with van der Waals surface area (Å²) in [6, 6.07) is 0. The molecule has 0 aliphatic carbocycles. The van der Waals surface area contributed by atoms with Crippen LogP contribution in [0.2, 0.25) is 0 Å². The minimum atomic E-state index is -2.58. The maximum atomic E-state index is 9.04. The zero-order valence-corrected chi connectivity index (χ0v) is 10.8. The van der Waals surface area contributed by atoms with Crippen molar-refractivity contribution in [3.8, 4) is 0 Å². The second kappa shape index (κ2) is 7.60. The molecule has 0 aromatic rings. The van der Waals surface area contributed by atoms with Crippen molar-refractivity contribution in [1.82, 2.24) is 0 Å². The normalized spacial score (nSPS) is 15.5. The molecule has 0 spiro atoms. The van der Waals surface area contributed by atoms with Gasteiger partial charge in [0.1, 0.15) is 0 Å². The van der Waals surface area contributed by atoms with Crippen LogP contribution in [0.1, 0.15) is 13.3 Å². The second-order valence-corrected chi connectivity index (χ2v) is 8.08. The summed E-state index contributed by atoms with van der Waals surface area (Å²) in [5, 5.41) is 0. The van der Waals surface area contributed by atoms with Gasteiger partial charge in [-0.15, -0.1) is 0 Å². The van der Waals surface area contributed by atoms with Gasteiger partial charge >= 0.3 is 0 Å². The van der Waals surface area contributed by atoms with Gasteiger partial charge in [0.15, 0.2) is 0 Å². The molecule has 0 bridgehead atoms. The maximum absolute atomic E-state index is 9.04. The van der Waals surface area contributed by atoms with Crippen molar-refractivity contribution in [2.24, 2.45) is 0 Å². The Bertz CT molecular complexity index is 122. The molecule has 0 aliphatic heterocycles. The summed E-state index contributed by atoms with van der Waals surface area (Å²) in [6.45, 7) is 2.01. The molecule has 62 valence electrons. The van der Waals surface area contributed by atoms with E-state index >= 15 is 0 Å². The zero-order chi connectivity index (χ0) is 7.33. The number of hydrogen-bond donors (Lipinski definition) is 2. The molecule has 0 amide bonds. The van der Waals surface area contributed by atoms with E-state index in [9.17, 15) is 0 Å². The molecule has 0 heterocycles. The van der Waals surface area contributed by atoms with Crippen molar-refractivity contribution in [3.05, 3.63) is 0 Å². The van der Waals surface area contributed by atoms with Crippen LogP contribution in [0.5, 0.6) is 0 Å². The SMILES string of the molecule is CCCSP(O)(=S)OS.[Mo]. The Balaban J connectivity index is 0. The topological polar surface area (TPSA) is 29.5 Å². The predicted molar refractivity (Wildman–Crippen MR) is 49.3 cm³/mol. The molecule has 0 aliphatic rings. The first kappa shape index (κ1) is 14.5. The molecule has 10 heavy (non-hydrogen) atoms. The van der Waals surface area contributed by atoms with Gasteiger partial charge in [-0.3, -0.25) is 3.97 Å². The van der Waals surface area contributed by atoms with E-state index in [-0.39, 0.29) is 21.1 Å². The van der Waals surface area contributed by atoms with Gasteiger partial charge in [0.05, 0.1) is 0 Å². The summed E-state index contributed by atoms with van der Waals surface area (Å²) >= 11 is 9.35. The van der Waals surface area contributed by atoms with Crippen molar-refractivity contribution in [3.63, 3.8) is 0 Å². The minimum absolute atomic E-state index is 0. The molecule has 1 atom stereocenters. The van der Waals surface area contributed by atoms with Crippen LogP contribution in [0.3, 0.4) is 0 Å². The van der Waals surface area contributed by atoms with E-state index in [1.807, 2.05) is 6.92 Å². The fourth-order valence-electron chi connectivity index (χ4n) is 0.230. The van der Waals surface area contributed by atoms with Crippen LogP contribution in [0.15, 0.2) is 0 Å². The fraction of sp³-hybridized carbons (Fsp3) is 1.00. The summed E-state index contributed by atoms with van der Waals surface area (Å²) in [5.41, 5.74) is -2.58. The Kier molecular flexibility index (Phi) is 11.0. The van der Waals surface area contributed by atoms with E-state index in [1.165, 1.54) is 11.4 Å². The van der Waals surface area contributed by atoms with Crippen molar-refractivity contribution in [1.29, 1.82) is 0 Å². The molecule has 0 aromatic carbocycles. The molecular weight excluding hydrogens is 291 g/mol. The summed E-state index contributed by atoms with van der Waals surface area (Å²) in [6.07, 6.45) is 0.987. The fourth-order valence-corrected chi connectivity index (χ4v) is 3.17. The van der Waals surface area contributed by atoms with Crippen LogP contribution < -0.4 is 0 Å². The van der Waals surface area contributed by atoms with Gasteiger partial charge < -0.3 is 4.89 Å². The first-order chi connectivity index (χ1) is 4.12. The van der Waals surface area contributed by atoms with E-state index in [1.54, 1.807) is 0 Å². The van der Waals surface area contributed by atoms with Crippen LogP contribution in [0.4, 0.5) is 0 Å². The smallest absolute Gasteiger partial charge is 0.255 e.